The van der Waals surface area contributed by atoms with E-state index in [1.54, 1.807) is 12.1 Å². The number of nitrogens with zero attached hydrogens (tertiary/aromatic N) is 1. The second kappa shape index (κ2) is 6.84. The number of para-hydroxylation sites is 1. The number of carboxylic acid groups (broad SMARTS) is 1. The van der Waals surface area contributed by atoms with Gasteiger partial charge in [0.05, 0.1) is 12.8 Å². The number of ether oxygens (including phenoxy) is 1. The van der Waals surface area contributed by atoms with Crippen molar-refractivity contribution in [3.8, 4) is 5.75 Å². The van der Waals surface area contributed by atoms with E-state index in [4.69, 9.17) is 9.84 Å². The van der Waals surface area contributed by atoms with Crippen LogP contribution in [0.1, 0.15) is 24.0 Å². The van der Waals surface area contributed by atoms with Crippen molar-refractivity contribution in [1.29, 1.82) is 0 Å². The van der Waals surface area contributed by atoms with Crippen molar-refractivity contribution in [3.05, 3.63) is 59.7 Å². The maximum atomic E-state index is 13.3. The molecule has 2 aromatic carbocycles. The molecule has 0 fully saturated rings. The van der Waals surface area contributed by atoms with E-state index < -0.39 is 16.0 Å². The Morgan fingerprint density at radius 2 is 2.00 bits per heavy atom. The van der Waals surface area contributed by atoms with Gasteiger partial charge in [0.25, 0.3) is 10.0 Å². The van der Waals surface area contributed by atoms with Gasteiger partial charge in [-0.25, -0.2) is 13.2 Å². The van der Waals surface area contributed by atoms with Gasteiger partial charge in [-0.15, -0.1) is 0 Å². The monoisotopic (exact) mass is 373 g/mol. The summed E-state index contributed by atoms with van der Waals surface area (Å²) in [6, 6.07) is 12.0. The number of sulfonamides is 1. The number of anilines is 1. The first-order valence-electron chi connectivity index (χ1n) is 8.05. The van der Waals surface area contributed by atoms with Gasteiger partial charge in [0.2, 0.25) is 0 Å². The van der Waals surface area contributed by atoms with Gasteiger partial charge in [0.1, 0.15) is 10.6 Å². The van der Waals surface area contributed by atoms with Gasteiger partial charge >= 0.3 is 5.97 Å². The first kappa shape index (κ1) is 18.0. The van der Waals surface area contributed by atoms with Gasteiger partial charge in [-0.1, -0.05) is 31.2 Å². The van der Waals surface area contributed by atoms with Crippen molar-refractivity contribution in [2.75, 3.05) is 18.0 Å². The lowest BCUT2D eigenvalue weighted by molar-refractivity contribution is -0.131. The lowest BCUT2D eigenvalue weighted by atomic mass is 10.0. The molecule has 1 aliphatic rings. The molecule has 0 saturated carbocycles. The molecule has 1 atom stereocenters. The molecular weight excluding hydrogens is 354 g/mol. The Morgan fingerprint density at radius 3 is 2.69 bits per heavy atom. The van der Waals surface area contributed by atoms with Crippen molar-refractivity contribution in [3.63, 3.8) is 0 Å². The van der Waals surface area contributed by atoms with Crippen LogP contribution in [0.4, 0.5) is 5.69 Å². The third kappa shape index (κ3) is 3.17. The molecule has 136 valence electrons. The molecule has 3 rings (SSSR count). The van der Waals surface area contributed by atoms with Crippen LogP contribution in [0.25, 0.3) is 6.08 Å². The molecule has 0 amide bonds. The Morgan fingerprint density at radius 1 is 1.27 bits per heavy atom. The summed E-state index contributed by atoms with van der Waals surface area (Å²) in [6.45, 7) is 2.33. The summed E-state index contributed by atoms with van der Waals surface area (Å²) in [5.41, 5.74) is 2.11. The predicted molar refractivity (Wildman–Crippen MR) is 99.1 cm³/mol. The van der Waals surface area contributed by atoms with Crippen LogP contribution in [0.5, 0.6) is 5.75 Å². The van der Waals surface area contributed by atoms with Crippen LogP contribution in [0.15, 0.2) is 53.4 Å². The molecule has 1 aliphatic heterocycles. The Labute approximate surface area is 152 Å². The zero-order chi connectivity index (χ0) is 18.9. The standard InChI is InChI=1S/C19H19NO5S/c1-13-12-20(16-6-4-3-5-15(13)16)26(23,24)18-11-14(8-10-19(21)22)7-9-17(18)25-2/h3-11,13H,12H2,1-2H3,(H,21,22). The molecule has 0 saturated heterocycles. The Bertz CT molecular complexity index is 981. The molecule has 26 heavy (non-hydrogen) atoms. The van der Waals surface area contributed by atoms with Crippen molar-refractivity contribution >= 4 is 27.8 Å². The molecule has 0 aromatic heterocycles. The van der Waals surface area contributed by atoms with Gasteiger partial charge in [-0.3, -0.25) is 4.31 Å². The van der Waals surface area contributed by atoms with Gasteiger partial charge in [-0.05, 0) is 35.4 Å². The Balaban J connectivity index is 2.10. The molecule has 0 radical (unpaired) electrons. The Kier molecular flexibility index (Phi) is 4.73. The van der Waals surface area contributed by atoms with Crippen LogP contribution >= 0.6 is 0 Å². The fourth-order valence-corrected chi connectivity index (χ4v) is 4.86. The smallest absolute Gasteiger partial charge is 0.328 e. The number of aliphatic carboxylic acids is 1. The third-order valence-electron chi connectivity index (χ3n) is 4.35. The molecule has 7 heteroatoms. The SMILES string of the molecule is COc1ccc(C=CC(=O)O)cc1S(=O)(=O)N1CC(C)c2ccccc21. The lowest BCUT2D eigenvalue weighted by Gasteiger charge is -2.21. The lowest BCUT2D eigenvalue weighted by Crippen LogP contribution is -2.30. The van der Waals surface area contributed by atoms with Crippen LogP contribution in [0, 0.1) is 0 Å². The maximum absolute atomic E-state index is 13.3. The highest BCUT2D eigenvalue weighted by atomic mass is 32.2. The van der Waals surface area contributed by atoms with Crippen molar-refractivity contribution in [2.45, 2.75) is 17.7 Å². The van der Waals surface area contributed by atoms with Crippen LogP contribution in [0.3, 0.4) is 0 Å². The fourth-order valence-electron chi connectivity index (χ4n) is 3.09. The molecule has 0 spiro atoms. The molecule has 6 nitrogen and oxygen atoms in total. The average molecular weight is 373 g/mol. The first-order chi connectivity index (χ1) is 12.3. The zero-order valence-electron chi connectivity index (χ0n) is 14.4. The van der Waals surface area contributed by atoms with E-state index in [0.29, 0.717) is 17.8 Å². The highest BCUT2D eigenvalue weighted by Gasteiger charge is 2.36. The quantitative estimate of drug-likeness (QED) is 0.814. The van der Waals surface area contributed by atoms with Gasteiger partial charge in [0.15, 0.2) is 0 Å². The summed E-state index contributed by atoms with van der Waals surface area (Å²) in [5, 5.41) is 8.78. The van der Waals surface area contributed by atoms with Crippen LogP contribution in [0.2, 0.25) is 0 Å². The number of hydrogen-bond acceptors (Lipinski definition) is 4. The summed E-state index contributed by atoms with van der Waals surface area (Å²) < 4.78 is 33.3. The highest BCUT2D eigenvalue weighted by molar-refractivity contribution is 7.93. The minimum absolute atomic E-state index is 0.0106. The Hall–Kier alpha value is -2.80. The number of hydrogen-bond donors (Lipinski definition) is 1. The summed E-state index contributed by atoms with van der Waals surface area (Å²) in [4.78, 5) is 10.7. The number of carboxylic acids is 1. The number of benzene rings is 2. The summed E-state index contributed by atoms with van der Waals surface area (Å²) in [6.07, 6.45) is 2.31. The van der Waals surface area contributed by atoms with E-state index >= 15 is 0 Å². The van der Waals surface area contributed by atoms with E-state index in [1.807, 2.05) is 25.1 Å². The summed E-state index contributed by atoms with van der Waals surface area (Å²) in [5.74, 6) is -0.802. The second-order valence-corrected chi connectivity index (χ2v) is 7.91. The molecule has 1 unspecified atom stereocenters. The minimum atomic E-state index is -3.86. The number of methoxy groups -OCH3 is 1. The molecule has 0 bridgehead atoms. The van der Waals surface area contributed by atoms with Crippen molar-refractivity contribution in [2.24, 2.45) is 0 Å². The molecular formula is C19H19NO5S. The number of fused-ring (bicyclic) bond motifs is 1. The van der Waals surface area contributed by atoms with E-state index in [2.05, 4.69) is 0 Å². The van der Waals surface area contributed by atoms with Crippen molar-refractivity contribution < 1.29 is 23.1 Å². The van der Waals surface area contributed by atoms with Crippen LogP contribution in [-0.2, 0) is 14.8 Å². The van der Waals surface area contributed by atoms with Gasteiger partial charge in [0, 0.05) is 18.5 Å². The third-order valence-corrected chi connectivity index (χ3v) is 6.15. The average Bonchev–Trinajstić information content (AvgIpc) is 2.97. The second-order valence-electron chi connectivity index (χ2n) is 6.08. The van der Waals surface area contributed by atoms with E-state index in [1.165, 1.54) is 29.6 Å². The summed E-state index contributed by atoms with van der Waals surface area (Å²) in [7, 11) is -2.46. The van der Waals surface area contributed by atoms with E-state index in [-0.39, 0.29) is 16.6 Å². The molecule has 1 heterocycles. The summed E-state index contributed by atoms with van der Waals surface area (Å²) >= 11 is 0. The van der Waals surface area contributed by atoms with Crippen LogP contribution in [-0.4, -0.2) is 33.1 Å². The number of rotatable bonds is 5. The maximum Gasteiger partial charge on any atom is 0.328 e. The zero-order valence-corrected chi connectivity index (χ0v) is 15.2. The predicted octanol–water partition coefficient (Wildman–Crippen LogP) is 3.11. The highest BCUT2D eigenvalue weighted by Crippen LogP contribution is 2.40. The fraction of sp³-hybridized carbons (Fsp3) is 0.211. The molecule has 2 aromatic rings. The van der Waals surface area contributed by atoms with Crippen LogP contribution < -0.4 is 9.04 Å². The normalized spacial score (nSPS) is 16.7. The first-order valence-corrected chi connectivity index (χ1v) is 9.49. The topological polar surface area (TPSA) is 83.9 Å². The van der Waals surface area contributed by atoms with Gasteiger partial charge in [-0.2, -0.15) is 0 Å². The largest absolute Gasteiger partial charge is 0.495 e. The number of carbonyl (C=O) groups is 1. The van der Waals surface area contributed by atoms with Crippen molar-refractivity contribution in [1.82, 2.24) is 0 Å². The van der Waals surface area contributed by atoms with E-state index in [0.717, 1.165) is 11.6 Å². The molecule has 1 N–H and O–H groups in total. The van der Waals surface area contributed by atoms with E-state index in [9.17, 15) is 13.2 Å². The molecule has 0 aliphatic carbocycles. The van der Waals surface area contributed by atoms with Gasteiger partial charge < -0.3 is 9.84 Å². The minimum Gasteiger partial charge on any atom is -0.495 e.